The van der Waals surface area contributed by atoms with E-state index in [1.54, 1.807) is 23.1 Å². The Morgan fingerprint density at radius 1 is 1.39 bits per heavy atom. The van der Waals surface area contributed by atoms with Gasteiger partial charge in [-0.1, -0.05) is 30.0 Å². The van der Waals surface area contributed by atoms with Crippen LogP contribution in [0.5, 0.6) is 0 Å². The van der Waals surface area contributed by atoms with Crippen molar-refractivity contribution in [2.45, 2.75) is 22.1 Å². The van der Waals surface area contributed by atoms with E-state index in [2.05, 4.69) is 17.1 Å². The highest BCUT2D eigenvalue weighted by Crippen LogP contribution is 2.40. The molecule has 0 spiro atoms. The number of hydrogen-bond donors (Lipinski definition) is 0. The molecule has 1 saturated heterocycles. The molecule has 18 heavy (non-hydrogen) atoms. The van der Waals surface area contributed by atoms with Crippen molar-refractivity contribution in [1.82, 2.24) is 9.88 Å². The third-order valence-corrected chi connectivity index (χ3v) is 5.76. The molecular weight excluding hydrogens is 264 g/mol. The van der Waals surface area contributed by atoms with Gasteiger partial charge in [0.15, 0.2) is 4.34 Å². The lowest BCUT2D eigenvalue weighted by Gasteiger charge is -2.36. The van der Waals surface area contributed by atoms with Crippen molar-refractivity contribution in [3.05, 3.63) is 36.5 Å². The standard InChI is InChI=1S/C13H10N2OS2/c16-12-7-9-11(5-6-15(9)12)18-13-14-8-3-1-2-4-10(8)17-13/h1-6,9,11H,7H2/t9-,11?/m0/s1. The summed E-state index contributed by atoms with van der Waals surface area (Å²) in [5.41, 5.74) is 1.06. The molecule has 3 nitrogen and oxygen atoms in total. The fourth-order valence-corrected chi connectivity index (χ4v) is 4.77. The molecule has 4 rings (SSSR count). The van der Waals surface area contributed by atoms with Crippen LogP contribution in [0.15, 0.2) is 40.9 Å². The summed E-state index contributed by atoms with van der Waals surface area (Å²) < 4.78 is 2.32. The number of thioether (sulfide) groups is 1. The molecule has 1 aromatic carbocycles. The van der Waals surface area contributed by atoms with Crippen molar-refractivity contribution < 1.29 is 4.79 Å². The minimum Gasteiger partial charge on any atom is -0.314 e. The van der Waals surface area contributed by atoms with Crippen LogP contribution in [0.4, 0.5) is 0 Å². The number of carbonyl (C=O) groups excluding carboxylic acids is 1. The Hall–Kier alpha value is -1.33. The van der Waals surface area contributed by atoms with Gasteiger partial charge in [-0.2, -0.15) is 0 Å². The molecule has 2 atom stereocenters. The summed E-state index contributed by atoms with van der Waals surface area (Å²) in [5, 5.41) is 0.364. The second-order valence-electron chi connectivity index (χ2n) is 4.44. The van der Waals surface area contributed by atoms with Crippen LogP contribution in [0.25, 0.3) is 10.2 Å². The van der Waals surface area contributed by atoms with E-state index in [0.717, 1.165) is 9.86 Å². The van der Waals surface area contributed by atoms with Crippen LogP contribution in [0.2, 0.25) is 0 Å². The predicted molar refractivity (Wildman–Crippen MR) is 73.7 cm³/mol. The first-order chi connectivity index (χ1) is 8.81. The molecule has 1 amide bonds. The van der Waals surface area contributed by atoms with Gasteiger partial charge in [0.1, 0.15) is 0 Å². The third-order valence-electron chi connectivity index (χ3n) is 3.36. The Labute approximate surface area is 113 Å². The van der Waals surface area contributed by atoms with E-state index in [1.165, 1.54) is 4.70 Å². The van der Waals surface area contributed by atoms with Gasteiger partial charge in [-0.15, -0.1) is 11.3 Å². The molecule has 5 heteroatoms. The van der Waals surface area contributed by atoms with Crippen LogP contribution >= 0.6 is 23.1 Å². The second kappa shape index (κ2) is 3.83. The molecule has 0 N–H and O–H groups in total. The van der Waals surface area contributed by atoms with E-state index < -0.39 is 0 Å². The van der Waals surface area contributed by atoms with Crippen molar-refractivity contribution >= 4 is 39.2 Å². The normalized spacial score (nSPS) is 25.6. The van der Waals surface area contributed by atoms with Crippen molar-refractivity contribution in [3.8, 4) is 0 Å². The minimum atomic E-state index is 0.239. The number of nitrogens with zero attached hydrogens (tertiary/aromatic N) is 2. The number of fused-ring (bicyclic) bond motifs is 2. The molecular formula is C13H10N2OS2. The number of para-hydroxylation sites is 1. The van der Waals surface area contributed by atoms with Crippen molar-refractivity contribution in [2.24, 2.45) is 0 Å². The maximum atomic E-state index is 11.3. The fraction of sp³-hybridized carbons (Fsp3) is 0.231. The lowest BCUT2D eigenvalue weighted by molar-refractivity contribution is -0.139. The number of benzene rings is 1. The highest BCUT2D eigenvalue weighted by atomic mass is 32.2. The maximum Gasteiger partial charge on any atom is 0.228 e. The van der Waals surface area contributed by atoms with Crippen molar-refractivity contribution in [3.63, 3.8) is 0 Å². The average molecular weight is 274 g/mol. The molecule has 3 heterocycles. The van der Waals surface area contributed by atoms with Gasteiger partial charge in [-0.25, -0.2) is 4.98 Å². The smallest absolute Gasteiger partial charge is 0.228 e. The first-order valence-corrected chi connectivity index (χ1v) is 7.52. The molecule has 0 bridgehead atoms. The molecule has 1 aromatic heterocycles. The topological polar surface area (TPSA) is 33.2 Å². The van der Waals surface area contributed by atoms with Gasteiger partial charge in [0, 0.05) is 12.6 Å². The van der Waals surface area contributed by atoms with Crippen LogP contribution in [-0.2, 0) is 4.79 Å². The summed E-state index contributed by atoms with van der Waals surface area (Å²) in [7, 11) is 0. The number of thiazole rings is 1. The van der Waals surface area contributed by atoms with Gasteiger partial charge >= 0.3 is 0 Å². The summed E-state index contributed by atoms with van der Waals surface area (Å²) in [6.07, 6.45) is 4.71. The highest BCUT2D eigenvalue weighted by Gasteiger charge is 2.43. The molecule has 90 valence electrons. The van der Waals surface area contributed by atoms with Crippen molar-refractivity contribution in [2.75, 3.05) is 0 Å². The summed E-state index contributed by atoms with van der Waals surface area (Å²) in [6.45, 7) is 0. The number of amides is 1. The number of rotatable bonds is 2. The van der Waals surface area contributed by atoms with Gasteiger partial charge in [0.2, 0.25) is 5.91 Å². The Morgan fingerprint density at radius 3 is 3.06 bits per heavy atom. The van der Waals surface area contributed by atoms with Gasteiger partial charge in [-0.05, 0) is 12.1 Å². The zero-order chi connectivity index (χ0) is 12.1. The van der Waals surface area contributed by atoms with Crippen LogP contribution in [-0.4, -0.2) is 27.1 Å². The lowest BCUT2D eigenvalue weighted by Crippen LogP contribution is -2.50. The van der Waals surface area contributed by atoms with Gasteiger partial charge in [0.25, 0.3) is 0 Å². The molecule has 0 radical (unpaired) electrons. The van der Waals surface area contributed by atoms with E-state index in [1.807, 2.05) is 29.3 Å². The zero-order valence-corrected chi connectivity index (χ0v) is 11.1. The van der Waals surface area contributed by atoms with E-state index in [4.69, 9.17) is 0 Å². The van der Waals surface area contributed by atoms with Gasteiger partial charge in [-0.3, -0.25) is 4.79 Å². The molecule has 0 saturated carbocycles. The average Bonchev–Trinajstić information content (AvgIpc) is 2.90. The molecule has 2 aliphatic rings. The molecule has 0 aliphatic carbocycles. The number of β-lactam (4-membered cyclic amide) rings is 1. The van der Waals surface area contributed by atoms with E-state index >= 15 is 0 Å². The number of hydrogen-bond acceptors (Lipinski definition) is 4. The Morgan fingerprint density at radius 2 is 2.28 bits per heavy atom. The summed E-state index contributed by atoms with van der Waals surface area (Å²) in [4.78, 5) is 17.8. The SMILES string of the molecule is O=C1C[C@H]2C(Sc3nc4ccccc4s3)C=CN12. The van der Waals surface area contributed by atoms with Crippen LogP contribution in [0.3, 0.4) is 0 Å². The number of aromatic nitrogens is 1. The first kappa shape index (κ1) is 10.6. The van der Waals surface area contributed by atoms with Crippen LogP contribution in [0.1, 0.15) is 6.42 Å². The monoisotopic (exact) mass is 274 g/mol. The molecule has 2 aromatic rings. The van der Waals surface area contributed by atoms with Crippen LogP contribution < -0.4 is 0 Å². The summed E-state index contributed by atoms with van der Waals surface area (Å²) >= 11 is 3.50. The van der Waals surface area contributed by atoms with Crippen molar-refractivity contribution in [1.29, 1.82) is 0 Å². The third kappa shape index (κ3) is 1.51. The Balaban J connectivity index is 1.58. The predicted octanol–water partition coefficient (Wildman–Crippen LogP) is 2.89. The van der Waals surface area contributed by atoms with E-state index in [-0.39, 0.29) is 5.91 Å². The first-order valence-electron chi connectivity index (χ1n) is 5.83. The fourth-order valence-electron chi connectivity index (χ4n) is 2.36. The molecule has 2 aliphatic heterocycles. The maximum absolute atomic E-state index is 11.3. The van der Waals surface area contributed by atoms with E-state index in [0.29, 0.717) is 17.7 Å². The number of carbonyl (C=O) groups is 1. The molecule has 1 fully saturated rings. The quantitative estimate of drug-likeness (QED) is 0.790. The lowest BCUT2D eigenvalue weighted by atomic mass is 10.0. The second-order valence-corrected chi connectivity index (χ2v) is 6.90. The van der Waals surface area contributed by atoms with Gasteiger partial charge in [0.05, 0.1) is 21.5 Å². The minimum absolute atomic E-state index is 0.239. The van der Waals surface area contributed by atoms with E-state index in [9.17, 15) is 4.79 Å². The highest BCUT2D eigenvalue weighted by molar-refractivity contribution is 8.01. The summed E-state index contributed by atoms with van der Waals surface area (Å²) in [6, 6.07) is 8.55. The Kier molecular flexibility index (Phi) is 2.25. The van der Waals surface area contributed by atoms with Gasteiger partial charge < -0.3 is 4.90 Å². The Bertz CT molecular complexity index is 631. The summed E-state index contributed by atoms with van der Waals surface area (Å²) in [5.74, 6) is 0.239. The zero-order valence-electron chi connectivity index (χ0n) is 9.45. The largest absolute Gasteiger partial charge is 0.314 e. The molecule has 1 unspecified atom stereocenters. The van der Waals surface area contributed by atoms with Crippen LogP contribution in [0, 0.1) is 0 Å².